The van der Waals surface area contributed by atoms with Crippen molar-refractivity contribution in [1.82, 2.24) is 9.97 Å². The van der Waals surface area contributed by atoms with Gasteiger partial charge < -0.3 is 9.72 Å². The van der Waals surface area contributed by atoms with Crippen molar-refractivity contribution in [1.29, 1.82) is 0 Å². The molecule has 100 valence electrons. The number of nitrogens with zero attached hydrogens (tertiary/aromatic N) is 1. The third-order valence-electron chi connectivity index (χ3n) is 3.47. The van der Waals surface area contributed by atoms with Gasteiger partial charge in [0.2, 0.25) is 0 Å². The molecule has 1 aromatic heterocycles. The van der Waals surface area contributed by atoms with Crippen molar-refractivity contribution in [2.24, 2.45) is 0 Å². The molecule has 0 radical (unpaired) electrons. The van der Waals surface area contributed by atoms with Crippen LogP contribution in [0.2, 0.25) is 0 Å². The van der Waals surface area contributed by atoms with Crippen molar-refractivity contribution < 1.29 is 4.74 Å². The zero-order valence-corrected chi connectivity index (χ0v) is 13.1. The second-order valence-electron chi connectivity index (χ2n) is 4.79. The highest BCUT2D eigenvalue weighted by atomic mass is 79.9. The molecule has 1 aromatic rings. The molecule has 0 unspecified atom stereocenters. The molecule has 3 nitrogen and oxygen atoms in total. The average molecular weight is 331 g/mol. The van der Waals surface area contributed by atoms with E-state index in [0.29, 0.717) is 10.6 Å². The molecule has 0 atom stereocenters. The average Bonchev–Trinajstić information content (AvgIpc) is 2.87. The van der Waals surface area contributed by atoms with Crippen LogP contribution in [0.15, 0.2) is 4.47 Å². The summed E-state index contributed by atoms with van der Waals surface area (Å²) in [5, 5.41) is 0. The molecule has 1 aliphatic rings. The van der Waals surface area contributed by atoms with Gasteiger partial charge >= 0.3 is 0 Å². The van der Waals surface area contributed by atoms with Crippen LogP contribution in [0.25, 0.3) is 0 Å². The van der Waals surface area contributed by atoms with Gasteiger partial charge in [-0.1, -0.05) is 25.1 Å². The van der Waals surface area contributed by atoms with Gasteiger partial charge in [0.15, 0.2) is 0 Å². The van der Waals surface area contributed by atoms with Gasteiger partial charge in [-0.25, -0.2) is 4.98 Å². The molecule has 0 aliphatic heterocycles. The molecule has 1 heterocycles. The number of hydrogen-bond donors (Lipinski definition) is 1. The first-order valence-electron chi connectivity index (χ1n) is 6.50. The lowest BCUT2D eigenvalue weighted by atomic mass is 10.0. The molecule has 1 aliphatic carbocycles. The molecule has 0 aromatic carbocycles. The lowest BCUT2D eigenvalue weighted by Crippen LogP contribution is -2.06. The number of aromatic nitrogens is 2. The van der Waals surface area contributed by atoms with Crippen LogP contribution in [-0.4, -0.2) is 23.7 Å². The van der Waals surface area contributed by atoms with Crippen LogP contribution < -0.4 is 0 Å². The Balaban J connectivity index is 2.19. The fourth-order valence-electron chi connectivity index (χ4n) is 2.52. The summed E-state index contributed by atoms with van der Waals surface area (Å²) in [6.45, 7) is 0.761. The molecule has 2 rings (SSSR count). The number of rotatable bonds is 5. The number of nitrogens with one attached hydrogen (secondary N) is 1. The van der Waals surface area contributed by atoms with E-state index in [9.17, 15) is 0 Å². The minimum absolute atomic E-state index is 0.616. The number of aromatic amines is 1. The molecule has 18 heavy (non-hydrogen) atoms. The standard InChI is InChI=1S/C13H19BrN2OS/c1-17-8-4-7-10-15-12(9-5-2-3-6-9)11(14)13(18)16-10/h9H,2-8H2,1H3,(H,15,16,18). The second kappa shape index (κ2) is 6.78. The maximum Gasteiger partial charge on any atom is 0.144 e. The predicted molar refractivity (Wildman–Crippen MR) is 78.5 cm³/mol. The largest absolute Gasteiger partial charge is 0.385 e. The molecule has 1 N–H and O–H groups in total. The monoisotopic (exact) mass is 330 g/mol. The molecule has 0 saturated heterocycles. The lowest BCUT2D eigenvalue weighted by molar-refractivity contribution is 0.194. The van der Waals surface area contributed by atoms with Crippen molar-refractivity contribution in [2.75, 3.05) is 13.7 Å². The van der Waals surface area contributed by atoms with E-state index < -0.39 is 0 Å². The summed E-state index contributed by atoms with van der Waals surface area (Å²) in [7, 11) is 1.72. The van der Waals surface area contributed by atoms with E-state index in [0.717, 1.165) is 29.7 Å². The zero-order valence-electron chi connectivity index (χ0n) is 10.7. The summed E-state index contributed by atoms with van der Waals surface area (Å²) in [4.78, 5) is 7.91. The number of halogens is 1. The summed E-state index contributed by atoms with van der Waals surface area (Å²) < 4.78 is 6.74. The number of hydrogen-bond acceptors (Lipinski definition) is 3. The van der Waals surface area contributed by atoms with Crippen molar-refractivity contribution in [3.63, 3.8) is 0 Å². The van der Waals surface area contributed by atoms with E-state index >= 15 is 0 Å². The molecule has 0 spiro atoms. The van der Waals surface area contributed by atoms with Crippen LogP contribution in [0, 0.1) is 4.64 Å². The Bertz CT molecular complexity index is 455. The number of ether oxygens (including phenoxy) is 1. The summed E-state index contributed by atoms with van der Waals surface area (Å²) in [5.74, 6) is 1.60. The van der Waals surface area contributed by atoms with E-state index in [1.807, 2.05) is 0 Å². The molecule has 0 bridgehead atoms. The Hall–Kier alpha value is -0.260. The van der Waals surface area contributed by atoms with E-state index in [1.165, 1.54) is 31.4 Å². The minimum Gasteiger partial charge on any atom is -0.385 e. The molecule has 5 heteroatoms. The van der Waals surface area contributed by atoms with Crippen LogP contribution >= 0.6 is 28.1 Å². The predicted octanol–water partition coefficient (Wildman–Crippen LogP) is 4.14. The highest BCUT2D eigenvalue weighted by Gasteiger charge is 2.21. The van der Waals surface area contributed by atoms with Crippen LogP contribution in [0.1, 0.15) is 49.5 Å². The van der Waals surface area contributed by atoms with Gasteiger partial charge in [-0.3, -0.25) is 0 Å². The maximum atomic E-state index is 5.33. The summed E-state index contributed by atoms with van der Waals surface area (Å²) in [5.41, 5.74) is 1.25. The van der Waals surface area contributed by atoms with Crippen LogP contribution in [0.4, 0.5) is 0 Å². The fraction of sp³-hybridized carbons (Fsp3) is 0.692. The van der Waals surface area contributed by atoms with Gasteiger partial charge in [-0.2, -0.15) is 0 Å². The zero-order chi connectivity index (χ0) is 13.0. The number of aryl methyl sites for hydroxylation is 1. The maximum absolute atomic E-state index is 5.33. The van der Waals surface area contributed by atoms with Crippen LogP contribution in [-0.2, 0) is 11.2 Å². The number of H-pyrrole nitrogens is 1. The van der Waals surface area contributed by atoms with E-state index in [2.05, 4.69) is 25.9 Å². The van der Waals surface area contributed by atoms with Gasteiger partial charge in [0.1, 0.15) is 10.5 Å². The van der Waals surface area contributed by atoms with Gasteiger partial charge in [-0.15, -0.1) is 0 Å². The molecule has 1 fully saturated rings. The fourth-order valence-corrected chi connectivity index (χ4v) is 3.25. The van der Waals surface area contributed by atoms with Crippen molar-refractivity contribution >= 4 is 28.1 Å². The van der Waals surface area contributed by atoms with E-state index in [1.54, 1.807) is 7.11 Å². The molecule has 0 amide bonds. The second-order valence-corrected chi connectivity index (χ2v) is 5.97. The summed E-state index contributed by atoms with van der Waals surface area (Å²) >= 11 is 8.92. The van der Waals surface area contributed by atoms with Crippen molar-refractivity contribution in [2.45, 2.75) is 44.4 Å². The SMILES string of the molecule is COCCCc1nc(=S)c(Br)c(C2CCCC2)[nH]1. The first kappa shape index (κ1) is 14.2. The Labute approximate surface area is 121 Å². The van der Waals surface area contributed by atoms with E-state index in [4.69, 9.17) is 17.0 Å². The Morgan fingerprint density at radius 1 is 1.44 bits per heavy atom. The van der Waals surface area contributed by atoms with Crippen LogP contribution in [0.5, 0.6) is 0 Å². The molecular formula is C13H19BrN2OS. The Kier molecular flexibility index (Phi) is 5.33. The third kappa shape index (κ3) is 3.39. The number of methoxy groups -OCH3 is 1. The van der Waals surface area contributed by atoms with Gasteiger partial charge in [0.05, 0.1) is 4.47 Å². The highest BCUT2D eigenvalue weighted by molar-refractivity contribution is 9.10. The Morgan fingerprint density at radius 3 is 2.83 bits per heavy atom. The first-order valence-corrected chi connectivity index (χ1v) is 7.70. The minimum atomic E-state index is 0.616. The highest BCUT2D eigenvalue weighted by Crippen LogP contribution is 2.36. The topological polar surface area (TPSA) is 37.9 Å². The van der Waals surface area contributed by atoms with E-state index in [-0.39, 0.29) is 0 Å². The quantitative estimate of drug-likeness (QED) is 0.651. The molecule has 1 saturated carbocycles. The lowest BCUT2D eigenvalue weighted by Gasteiger charge is -2.14. The Morgan fingerprint density at radius 2 is 2.17 bits per heavy atom. The smallest absolute Gasteiger partial charge is 0.144 e. The summed E-state index contributed by atoms with van der Waals surface area (Å²) in [6.07, 6.45) is 7.01. The summed E-state index contributed by atoms with van der Waals surface area (Å²) in [6, 6.07) is 0. The first-order chi connectivity index (χ1) is 8.72. The van der Waals surface area contributed by atoms with Gasteiger partial charge in [-0.05, 0) is 35.2 Å². The van der Waals surface area contributed by atoms with Gasteiger partial charge in [0.25, 0.3) is 0 Å². The third-order valence-corrected chi connectivity index (χ3v) is 4.83. The van der Waals surface area contributed by atoms with Gasteiger partial charge in [0, 0.05) is 31.7 Å². The van der Waals surface area contributed by atoms with Crippen LogP contribution in [0.3, 0.4) is 0 Å². The van der Waals surface area contributed by atoms with Crippen molar-refractivity contribution in [3.05, 3.63) is 20.6 Å². The molecular weight excluding hydrogens is 312 g/mol. The van der Waals surface area contributed by atoms with Crippen molar-refractivity contribution in [3.8, 4) is 0 Å². The normalized spacial score (nSPS) is 16.3.